The monoisotopic (exact) mass is 325 g/mol. The lowest BCUT2D eigenvalue weighted by Gasteiger charge is -2.13. The molecule has 0 unspecified atom stereocenters. The highest BCUT2D eigenvalue weighted by molar-refractivity contribution is 5.28. The molecule has 23 heavy (non-hydrogen) atoms. The van der Waals surface area contributed by atoms with E-state index in [1.165, 1.54) is 0 Å². The first-order valence-electron chi connectivity index (χ1n) is 8.12. The van der Waals surface area contributed by atoms with Gasteiger partial charge >= 0.3 is 0 Å². The normalized spacial score (nSPS) is 19.7. The SMILES string of the molecule is Cc1nc(C)c2cc1COCCOCCOCCOCCOC2. The van der Waals surface area contributed by atoms with Gasteiger partial charge in [-0.3, -0.25) is 4.98 Å². The molecule has 0 aromatic carbocycles. The van der Waals surface area contributed by atoms with Crippen molar-refractivity contribution < 1.29 is 23.7 Å². The molecule has 130 valence electrons. The van der Waals surface area contributed by atoms with E-state index in [0.717, 1.165) is 22.5 Å². The summed E-state index contributed by atoms with van der Waals surface area (Å²) >= 11 is 0. The number of nitrogens with zero attached hydrogens (tertiary/aromatic N) is 1. The number of rotatable bonds is 0. The van der Waals surface area contributed by atoms with Gasteiger partial charge in [-0.2, -0.15) is 0 Å². The Morgan fingerprint density at radius 1 is 0.609 bits per heavy atom. The Labute approximate surface area is 138 Å². The second-order valence-electron chi connectivity index (χ2n) is 5.42. The van der Waals surface area contributed by atoms with Gasteiger partial charge in [0.2, 0.25) is 0 Å². The van der Waals surface area contributed by atoms with Crippen LogP contribution in [-0.2, 0) is 36.9 Å². The Morgan fingerprint density at radius 2 is 0.957 bits per heavy atom. The third kappa shape index (κ3) is 6.93. The fraction of sp³-hybridized carbons (Fsp3) is 0.706. The van der Waals surface area contributed by atoms with Gasteiger partial charge in [-0.05, 0) is 31.0 Å². The third-order valence-electron chi connectivity index (χ3n) is 3.62. The molecule has 0 N–H and O–H groups in total. The standard InChI is InChI=1S/C17H27NO5/c1-14-16-11-17(15(2)18-14)13-23-10-8-21-6-4-19-3-5-20-7-9-22-12-16/h11H,3-10,12-13H2,1-2H3. The van der Waals surface area contributed by atoms with Crippen LogP contribution in [0.25, 0.3) is 0 Å². The van der Waals surface area contributed by atoms with Crippen LogP contribution in [0.1, 0.15) is 22.5 Å². The molecular weight excluding hydrogens is 298 g/mol. The number of ether oxygens (including phenoxy) is 5. The zero-order valence-electron chi connectivity index (χ0n) is 14.1. The maximum absolute atomic E-state index is 5.67. The molecule has 2 heterocycles. The van der Waals surface area contributed by atoms with Crippen molar-refractivity contribution in [1.29, 1.82) is 0 Å². The second kappa shape index (κ2) is 10.7. The van der Waals surface area contributed by atoms with E-state index in [4.69, 9.17) is 23.7 Å². The van der Waals surface area contributed by atoms with E-state index in [0.29, 0.717) is 66.1 Å². The topological polar surface area (TPSA) is 59.0 Å². The van der Waals surface area contributed by atoms with Crippen molar-refractivity contribution >= 4 is 0 Å². The van der Waals surface area contributed by atoms with Crippen LogP contribution in [0.3, 0.4) is 0 Å². The number of fused-ring (bicyclic) bond motifs is 2. The first kappa shape index (κ1) is 18.3. The summed E-state index contributed by atoms with van der Waals surface area (Å²) in [7, 11) is 0. The van der Waals surface area contributed by atoms with Gasteiger partial charge in [0.1, 0.15) is 0 Å². The summed E-state index contributed by atoms with van der Waals surface area (Å²) in [5, 5.41) is 0. The summed E-state index contributed by atoms with van der Waals surface area (Å²) in [6.07, 6.45) is 0. The summed E-state index contributed by atoms with van der Waals surface area (Å²) in [5.41, 5.74) is 4.18. The van der Waals surface area contributed by atoms with Crippen LogP contribution in [0.15, 0.2) is 6.07 Å². The van der Waals surface area contributed by atoms with Gasteiger partial charge in [0.05, 0.1) is 66.1 Å². The molecule has 1 aliphatic rings. The van der Waals surface area contributed by atoms with Gasteiger partial charge in [-0.1, -0.05) is 0 Å². The predicted octanol–water partition coefficient (Wildman–Crippen LogP) is 1.80. The van der Waals surface area contributed by atoms with Crippen molar-refractivity contribution in [3.63, 3.8) is 0 Å². The summed E-state index contributed by atoms with van der Waals surface area (Å²) in [6.45, 7) is 9.61. The van der Waals surface area contributed by atoms with Crippen molar-refractivity contribution in [1.82, 2.24) is 4.98 Å². The van der Waals surface area contributed by atoms with Crippen LogP contribution in [0.5, 0.6) is 0 Å². The first-order valence-corrected chi connectivity index (χ1v) is 8.12. The molecule has 0 spiro atoms. The third-order valence-corrected chi connectivity index (χ3v) is 3.62. The number of aromatic nitrogens is 1. The zero-order valence-corrected chi connectivity index (χ0v) is 14.1. The highest BCUT2D eigenvalue weighted by Gasteiger charge is 2.07. The lowest BCUT2D eigenvalue weighted by Crippen LogP contribution is -2.14. The summed E-state index contributed by atoms with van der Waals surface area (Å²) in [4.78, 5) is 4.59. The molecule has 0 radical (unpaired) electrons. The smallest absolute Gasteiger partial charge is 0.0735 e. The Morgan fingerprint density at radius 3 is 1.35 bits per heavy atom. The van der Waals surface area contributed by atoms with E-state index in [9.17, 15) is 0 Å². The Kier molecular flexibility index (Phi) is 8.49. The molecule has 6 heteroatoms. The van der Waals surface area contributed by atoms with Gasteiger partial charge < -0.3 is 23.7 Å². The van der Waals surface area contributed by atoms with Crippen molar-refractivity contribution in [2.24, 2.45) is 0 Å². The van der Waals surface area contributed by atoms with Crippen LogP contribution in [0.4, 0.5) is 0 Å². The molecule has 6 nitrogen and oxygen atoms in total. The van der Waals surface area contributed by atoms with Gasteiger partial charge in [-0.25, -0.2) is 0 Å². The van der Waals surface area contributed by atoms with Crippen LogP contribution in [0.2, 0.25) is 0 Å². The van der Waals surface area contributed by atoms with Crippen LogP contribution in [-0.4, -0.2) is 57.8 Å². The van der Waals surface area contributed by atoms with Gasteiger partial charge in [0.15, 0.2) is 0 Å². The molecule has 2 bridgehead atoms. The molecule has 0 atom stereocenters. The molecule has 1 aromatic rings. The van der Waals surface area contributed by atoms with E-state index in [1.807, 2.05) is 13.8 Å². The zero-order chi connectivity index (χ0) is 16.3. The van der Waals surface area contributed by atoms with Crippen molar-refractivity contribution in [3.8, 4) is 0 Å². The Balaban J connectivity index is 1.92. The Bertz CT molecular complexity index is 429. The molecule has 0 saturated carbocycles. The minimum absolute atomic E-state index is 0.537. The average molecular weight is 325 g/mol. The second-order valence-corrected chi connectivity index (χ2v) is 5.42. The lowest BCUT2D eigenvalue weighted by molar-refractivity contribution is -0.0145. The molecule has 1 aliphatic heterocycles. The Hall–Kier alpha value is -1.05. The van der Waals surface area contributed by atoms with Gasteiger partial charge in [-0.15, -0.1) is 0 Å². The van der Waals surface area contributed by atoms with Crippen LogP contribution in [0, 0.1) is 13.8 Å². The number of hydrogen-bond acceptors (Lipinski definition) is 6. The fourth-order valence-electron chi connectivity index (χ4n) is 2.25. The average Bonchev–Trinajstić information content (AvgIpc) is 2.53. The van der Waals surface area contributed by atoms with E-state index in [1.54, 1.807) is 0 Å². The molecule has 1 aromatic heterocycles. The molecule has 0 amide bonds. The number of pyridine rings is 1. The highest BCUT2D eigenvalue weighted by Crippen LogP contribution is 2.15. The van der Waals surface area contributed by atoms with E-state index in [2.05, 4.69) is 11.1 Å². The van der Waals surface area contributed by atoms with Crippen molar-refractivity contribution in [2.45, 2.75) is 27.1 Å². The maximum atomic E-state index is 5.67. The first-order chi connectivity index (χ1) is 11.3. The lowest BCUT2D eigenvalue weighted by atomic mass is 10.1. The number of hydrogen-bond donors (Lipinski definition) is 0. The van der Waals surface area contributed by atoms with Crippen LogP contribution >= 0.6 is 0 Å². The predicted molar refractivity (Wildman–Crippen MR) is 85.5 cm³/mol. The molecule has 0 fully saturated rings. The molecule has 0 aliphatic carbocycles. The van der Waals surface area contributed by atoms with E-state index >= 15 is 0 Å². The van der Waals surface area contributed by atoms with Gasteiger partial charge in [0, 0.05) is 11.4 Å². The minimum atomic E-state index is 0.537. The van der Waals surface area contributed by atoms with E-state index in [-0.39, 0.29) is 0 Å². The largest absolute Gasteiger partial charge is 0.377 e. The summed E-state index contributed by atoms with van der Waals surface area (Å²) < 4.78 is 27.7. The van der Waals surface area contributed by atoms with Crippen molar-refractivity contribution in [3.05, 3.63) is 28.6 Å². The molecule has 0 saturated heterocycles. The maximum Gasteiger partial charge on any atom is 0.0735 e. The summed E-state index contributed by atoms with van der Waals surface area (Å²) in [5.74, 6) is 0. The molecule has 2 rings (SSSR count). The fourth-order valence-corrected chi connectivity index (χ4v) is 2.25. The van der Waals surface area contributed by atoms with Gasteiger partial charge in [0.25, 0.3) is 0 Å². The highest BCUT2D eigenvalue weighted by atomic mass is 16.6. The molecular formula is C17H27NO5. The van der Waals surface area contributed by atoms with Crippen LogP contribution < -0.4 is 0 Å². The van der Waals surface area contributed by atoms with E-state index < -0.39 is 0 Å². The van der Waals surface area contributed by atoms with Crippen molar-refractivity contribution in [2.75, 3.05) is 52.9 Å². The minimum Gasteiger partial charge on any atom is -0.377 e. The quantitative estimate of drug-likeness (QED) is 0.725. The number of aryl methyl sites for hydroxylation is 2. The summed E-state index contributed by atoms with van der Waals surface area (Å²) in [6, 6.07) is 2.12.